The van der Waals surface area contributed by atoms with Gasteiger partial charge in [0.1, 0.15) is 6.10 Å². The number of rotatable bonds is 4. The topological polar surface area (TPSA) is 49.8 Å². The Kier molecular flexibility index (Phi) is 4.56. The molecule has 2 rings (SSSR count). The molecule has 1 aromatic rings. The molecule has 1 heterocycles. The summed E-state index contributed by atoms with van der Waals surface area (Å²) in [6, 6.07) is 7.98. The van der Waals surface area contributed by atoms with Crippen LogP contribution in [-0.2, 0) is 9.53 Å². The van der Waals surface area contributed by atoms with E-state index < -0.39 is 6.10 Å². The second-order valence-corrected chi connectivity index (χ2v) is 5.08. The van der Waals surface area contributed by atoms with Crippen LogP contribution in [0.25, 0.3) is 0 Å². The van der Waals surface area contributed by atoms with Crippen molar-refractivity contribution in [1.82, 2.24) is 0 Å². The lowest BCUT2D eigenvalue weighted by atomic mass is 9.99. The van der Waals surface area contributed by atoms with Gasteiger partial charge in [0.15, 0.2) is 0 Å². The molecule has 0 saturated carbocycles. The second-order valence-electron chi connectivity index (χ2n) is 5.08. The molecule has 19 heavy (non-hydrogen) atoms. The number of carbonyl (C=O) groups excluding carboxylic acids is 1. The predicted octanol–water partition coefficient (Wildman–Crippen LogP) is 1.92. The Morgan fingerprint density at radius 2 is 2.16 bits per heavy atom. The molecule has 0 bridgehead atoms. The number of benzene rings is 1. The van der Waals surface area contributed by atoms with Crippen LogP contribution in [0.2, 0.25) is 0 Å². The summed E-state index contributed by atoms with van der Waals surface area (Å²) in [4.78, 5) is 14.2. The van der Waals surface area contributed by atoms with Crippen LogP contribution >= 0.6 is 0 Å². The first-order chi connectivity index (χ1) is 9.15. The molecule has 1 fully saturated rings. The zero-order chi connectivity index (χ0) is 13.8. The quantitative estimate of drug-likeness (QED) is 0.903. The van der Waals surface area contributed by atoms with E-state index >= 15 is 0 Å². The van der Waals surface area contributed by atoms with E-state index in [0.717, 1.165) is 5.69 Å². The molecule has 4 heteroatoms. The van der Waals surface area contributed by atoms with Gasteiger partial charge < -0.3 is 14.7 Å². The molecule has 1 unspecified atom stereocenters. The minimum Gasteiger partial charge on any atom is -0.396 e. The summed E-state index contributed by atoms with van der Waals surface area (Å²) < 4.78 is 5.43. The van der Waals surface area contributed by atoms with Crippen molar-refractivity contribution < 1.29 is 14.6 Å². The Hall–Kier alpha value is -1.39. The van der Waals surface area contributed by atoms with Gasteiger partial charge in [0, 0.05) is 25.3 Å². The number of hydrogen-bond donors (Lipinski definition) is 1. The van der Waals surface area contributed by atoms with Crippen LogP contribution in [0.15, 0.2) is 24.3 Å². The van der Waals surface area contributed by atoms with Gasteiger partial charge in [-0.05, 0) is 17.5 Å². The molecule has 0 spiro atoms. The summed E-state index contributed by atoms with van der Waals surface area (Å²) in [6.45, 7) is 5.30. The first-order valence-electron chi connectivity index (χ1n) is 6.78. The Morgan fingerprint density at radius 1 is 1.42 bits per heavy atom. The molecule has 0 aromatic heterocycles. The maximum absolute atomic E-state index is 12.4. The smallest absolute Gasteiger partial charge is 0.256 e. The fourth-order valence-corrected chi connectivity index (χ4v) is 2.43. The number of amides is 1. The average molecular weight is 263 g/mol. The van der Waals surface area contributed by atoms with Crippen LogP contribution in [-0.4, -0.2) is 36.9 Å². The van der Waals surface area contributed by atoms with Gasteiger partial charge in [-0.2, -0.15) is 0 Å². The number of hydrogen-bond acceptors (Lipinski definition) is 3. The van der Waals surface area contributed by atoms with Crippen LogP contribution in [0.1, 0.15) is 31.7 Å². The highest BCUT2D eigenvalue weighted by Crippen LogP contribution is 2.29. The third-order valence-electron chi connectivity index (χ3n) is 3.42. The van der Waals surface area contributed by atoms with Crippen LogP contribution in [0.3, 0.4) is 0 Å². The van der Waals surface area contributed by atoms with E-state index in [1.165, 1.54) is 5.56 Å². The molecule has 1 aliphatic rings. The van der Waals surface area contributed by atoms with E-state index in [9.17, 15) is 4.79 Å². The molecular formula is C15H21NO3. The first-order valence-corrected chi connectivity index (χ1v) is 6.78. The van der Waals surface area contributed by atoms with Crippen molar-refractivity contribution in [2.24, 2.45) is 0 Å². The monoisotopic (exact) mass is 263 g/mol. The first kappa shape index (κ1) is 14.0. The van der Waals surface area contributed by atoms with Gasteiger partial charge in [0.25, 0.3) is 5.91 Å². The van der Waals surface area contributed by atoms with Crippen molar-refractivity contribution >= 4 is 11.6 Å². The minimum atomic E-state index is -0.515. The molecule has 104 valence electrons. The number of nitrogens with zero attached hydrogens (tertiary/aromatic N) is 1. The van der Waals surface area contributed by atoms with Crippen molar-refractivity contribution in [3.05, 3.63) is 29.8 Å². The van der Waals surface area contributed by atoms with Gasteiger partial charge in [-0.3, -0.25) is 4.79 Å². The molecule has 0 radical (unpaired) electrons. The molecule has 1 atom stereocenters. The van der Waals surface area contributed by atoms with Crippen LogP contribution in [0.5, 0.6) is 0 Å². The maximum Gasteiger partial charge on any atom is 0.256 e. The molecule has 1 saturated heterocycles. The third kappa shape index (κ3) is 2.96. The zero-order valence-electron chi connectivity index (χ0n) is 11.5. The van der Waals surface area contributed by atoms with Crippen LogP contribution in [0, 0.1) is 0 Å². The van der Waals surface area contributed by atoms with Crippen molar-refractivity contribution in [3.8, 4) is 0 Å². The van der Waals surface area contributed by atoms with Gasteiger partial charge in [-0.1, -0.05) is 32.0 Å². The molecule has 1 aliphatic heterocycles. The third-order valence-corrected chi connectivity index (χ3v) is 3.42. The number of anilines is 1. The van der Waals surface area contributed by atoms with E-state index in [-0.39, 0.29) is 12.5 Å². The molecular weight excluding hydrogens is 242 g/mol. The number of ether oxygens (including phenoxy) is 1. The zero-order valence-corrected chi connectivity index (χ0v) is 11.5. The van der Waals surface area contributed by atoms with Crippen molar-refractivity contribution in [2.75, 3.05) is 24.7 Å². The van der Waals surface area contributed by atoms with Crippen LogP contribution < -0.4 is 4.90 Å². The van der Waals surface area contributed by atoms with E-state index in [1.54, 1.807) is 4.90 Å². The number of morpholine rings is 1. The van der Waals surface area contributed by atoms with E-state index in [0.29, 0.717) is 25.5 Å². The lowest BCUT2D eigenvalue weighted by Gasteiger charge is -2.34. The van der Waals surface area contributed by atoms with Crippen LogP contribution in [0.4, 0.5) is 5.69 Å². The fourth-order valence-electron chi connectivity index (χ4n) is 2.43. The summed E-state index contributed by atoms with van der Waals surface area (Å²) in [5, 5.41) is 8.99. The van der Waals surface area contributed by atoms with Gasteiger partial charge in [-0.25, -0.2) is 0 Å². The lowest BCUT2D eigenvalue weighted by molar-refractivity contribution is -0.134. The Labute approximate surface area is 114 Å². The average Bonchev–Trinajstić information content (AvgIpc) is 2.41. The SMILES string of the molecule is CC(C)c1ccccc1N1CCOC(CCO)C1=O. The maximum atomic E-state index is 12.4. The summed E-state index contributed by atoms with van der Waals surface area (Å²) in [6.07, 6.45) is -0.155. The van der Waals surface area contributed by atoms with E-state index in [1.807, 2.05) is 18.2 Å². The molecule has 0 aliphatic carbocycles. The van der Waals surface area contributed by atoms with Crippen molar-refractivity contribution in [1.29, 1.82) is 0 Å². The van der Waals surface area contributed by atoms with Gasteiger partial charge >= 0.3 is 0 Å². The normalized spacial score (nSPS) is 20.1. The predicted molar refractivity (Wildman–Crippen MR) is 74.3 cm³/mol. The number of carbonyl (C=O) groups is 1. The number of aliphatic hydroxyl groups excluding tert-OH is 1. The van der Waals surface area contributed by atoms with Gasteiger partial charge in [-0.15, -0.1) is 0 Å². The Balaban J connectivity index is 2.28. The largest absolute Gasteiger partial charge is 0.396 e. The Morgan fingerprint density at radius 3 is 2.84 bits per heavy atom. The van der Waals surface area contributed by atoms with Crippen molar-refractivity contribution in [2.45, 2.75) is 32.3 Å². The summed E-state index contributed by atoms with van der Waals surface area (Å²) in [5.41, 5.74) is 2.13. The van der Waals surface area contributed by atoms with Gasteiger partial charge in [0.2, 0.25) is 0 Å². The van der Waals surface area contributed by atoms with E-state index in [2.05, 4.69) is 19.9 Å². The fraction of sp³-hybridized carbons (Fsp3) is 0.533. The highest BCUT2D eigenvalue weighted by molar-refractivity contribution is 5.97. The summed E-state index contributed by atoms with van der Waals surface area (Å²) >= 11 is 0. The molecule has 1 N–H and O–H groups in total. The summed E-state index contributed by atoms with van der Waals surface area (Å²) in [5.74, 6) is 0.316. The standard InChI is InChI=1S/C15H21NO3/c1-11(2)12-5-3-4-6-13(12)16-8-10-19-14(7-9-17)15(16)18/h3-6,11,14,17H,7-10H2,1-2H3. The Bertz CT molecular complexity index is 443. The van der Waals surface area contributed by atoms with E-state index in [4.69, 9.17) is 9.84 Å². The summed E-state index contributed by atoms with van der Waals surface area (Å²) in [7, 11) is 0. The molecule has 1 amide bonds. The number of aliphatic hydroxyl groups is 1. The highest BCUT2D eigenvalue weighted by atomic mass is 16.5. The van der Waals surface area contributed by atoms with Crippen molar-refractivity contribution in [3.63, 3.8) is 0 Å². The van der Waals surface area contributed by atoms with Gasteiger partial charge in [0.05, 0.1) is 6.61 Å². The number of para-hydroxylation sites is 1. The second kappa shape index (κ2) is 6.17. The highest BCUT2D eigenvalue weighted by Gasteiger charge is 2.31. The minimum absolute atomic E-state index is 0.0317. The lowest BCUT2D eigenvalue weighted by Crippen LogP contribution is -2.48. The molecule has 4 nitrogen and oxygen atoms in total. The molecule has 1 aromatic carbocycles.